The highest BCUT2D eigenvalue weighted by molar-refractivity contribution is 5.76. The zero-order valence-corrected chi connectivity index (χ0v) is 9.44. The lowest BCUT2D eigenvalue weighted by Crippen LogP contribution is -2.01. The van der Waals surface area contributed by atoms with Gasteiger partial charge in [0.05, 0.1) is 0 Å². The van der Waals surface area contributed by atoms with Gasteiger partial charge in [-0.1, -0.05) is 49.4 Å². The molecule has 0 saturated heterocycles. The molecule has 1 aromatic carbocycles. The van der Waals surface area contributed by atoms with E-state index in [4.69, 9.17) is 0 Å². The zero-order valence-electron chi connectivity index (χ0n) is 9.44. The molecular formula is C14H18O. The molecule has 0 fully saturated rings. The van der Waals surface area contributed by atoms with E-state index < -0.39 is 0 Å². The number of carbonyl (C=O) groups excluding carboxylic acids is 1. The molecule has 0 saturated carbocycles. The summed E-state index contributed by atoms with van der Waals surface area (Å²) in [5, 5.41) is 0. The van der Waals surface area contributed by atoms with Crippen LogP contribution >= 0.6 is 0 Å². The van der Waals surface area contributed by atoms with Gasteiger partial charge in [0.15, 0.2) is 0 Å². The summed E-state index contributed by atoms with van der Waals surface area (Å²) < 4.78 is 0. The summed E-state index contributed by atoms with van der Waals surface area (Å²) in [4.78, 5) is 11.2. The molecular weight excluding hydrogens is 184 g/mol. The first-order valence-electron chi connectivity index (χ1n) is 5.45. The molecule has 0 aliphatic heterocycles. The van der Waals surface area contributed by atoms with E-state index in [0.29, 0.717) is 6.42 Å². The molecule has 0 heterocycles. The number of hydrogen-bond acceptors (Lipinski definition) is 1. The highest BCUT2D eigenvalue weighted by Crippen LogP contribution is 2.21. The van der Waals surface area contributed by atoms with Crippen molar-refractivity contribution in [1.29, 1.82) is 0 Å². The second kappa shape index (κ2) is 6.18. The lowest BCUT2D eigenvalue weighted by Gasteiger charge is -2.10. The molecule has 1 rings (SSSR count). The standard InChI is InChI=1S/C14H18O/c1-3-4-8-14(11-12(2)15)13-9-6-5-7-10-13/h4-10,14H,3,11H2,1-2H3. The molecule has 0 N–H and O–H groups in total. The van der Waals surface area contributed by atoms with Gasteiger partial charge in [-0.3, -0.25) is 4.79 Å². The minimum atomic E-state index is 0.239. The monoisotopic (exact) mass is 202 g/mol. The van der Waals surface area contributed by atoms with Crippen molar-refractivity contribution in [3.05, 3.63) is 48.0 Å². The second-order valence-electron chi connectivity index (χ2n) is 3.76. The minimum Gasteiger partial charge on any atom is -0.300 e. The van der Waals surface area contributed by atoms with Gasteiger partial charge >= 0.3 is 0 Å². The maximum atomic E-state index is 11.2. The van der Waals surface area contributed by atoms with Gasteiger partial charge in [0, 0.05) is 12.3 Å². The van der Waals surface area contributed by atoms with E-state index in [9.17, 15) is 4.79 Å². The van der Waals surface area contributed by atoms with Crippen molar-refractivity contribution in [3.8, 4) is 0 Å². The SMILES string of the molecule is CCC=CC(CC(C)=O)c1ccccc1. The first kappa shape index (κ1) is 11.7. The Morgan fingerprint density at radius 1 is 1.33 bits per heavy atom. The molecule has 0 amide bonds. The summed E-state index contributed by atoms with van der Waals surface area (Å²) in [5.41, 5.74) is 1.22. The molecule has 1 aromatic rings. The van der Waals surface area contributed by atoms with Crippen LogP contribution in [-0.4, -0.2) is 5.78 Å². The number of hydrogen-bond donors (Lipinski definition) is 0. The smallest absolute Gasteiger partial charge is 0.130 e. The topological polar surface area (TPSA) is 17.1 Å². The Hall–Kier alpha value is -1.37. The third-order valence-corrected chi connectivity index (χ3v) is 2.34. The number of Topliss-reactive ketones (excluding diaryl/α,β-unsaturated/α-hetero) is 1. The molecule has 1 nitrogen and oxygen atoms in total. The number of rotatable bonds is 5. The van der Waals surface area contributed by atoms with E-state index >= 15 is 0 Å². The number of benzene rings is 1. The molecule has 1 atom stereocenters. The maximum absolute atomic E-state index is 11.2. The summed E-state index contributed by atoms with van der Waals surface area (Å²) >= 11 is 0. The van der Waals surface area contributed by atoms with Gasteiger partial charge in [0.25, 0.3) is 0 Å². The Kier molecular flexibility index (Phi) is 4.82. The third-order valence-electron chi connectivity index (χ3n) is 2.34. The van der Waals surface area contributed by atoms with E-state index in [0.717, 1.165) is 6.42 Å². The fraction of sp³-hybridized carbons (Fsp3) is 0.357. The van der Waals surface area contributed by atoms with Crippen LogP contribution in [0.25, 0.3) is 0 Å². The highest BCUT2D eigenvalue weighted by atomic mass is 16.1. The lowest BCUT2D eigenvalue weighted by molar-refractivity contribution is -0.117. The normalized spacial score (nSPS) is 12.9. The molecule has 1 heteroatoms. The van der Waals surface area contributed by atoms with Crippen molar-refractivity contribution in [1.82, 2.24) is 0 Å². The predicted octanol–water partition coefficient (Wildman–Crippen LogP) is 3.72. The van der Waals surface area contributed by atoms with Crippen molar-refractivity contribution in [2.24, 2.45) is 0 Å². The highest BCUT2D eigenvalue weighted by Gasteiger charge is 2.09. The molecule has 0 radical (unpaired) electrons. The molecule has 80 valence electrons. The molecule has 0 aromatic heterocycles. The van der Waals surface area contributed by atoms with Crippen LogP contribution in [0.1, 0.15) is 38.2 Å². The Balaban J connectivity index is 2.81. The van der Waals surface area contributed by atoms with Gasteiger partial charge in [-0.25, -0.2) is 0 Å². The van der Waals surface area contributed by atoms with Gasteiger partial charge < -0.3 is 0 Å². The summed E-state index contributed by atoms with van der Waals surface area (Å²) in [5.74, 6) is 0.480. The van der Waals surface area contributed by atoms with E-state index in [-0.39, 0.29) is 11.7 Å². The summed E-state index contributed by atoms with van der Waals surface area (Å²) in [7, 11) is 0. The van der Waals surface area contributed by atoms with Crippen LogP contribution in [0, 0.1) is 0 Å². The second-order valence-corrected chi connectivity index (χ2v) is 3.76. The Morgan fingerprint density at radius 3 is 2.53 bits per heavy atom. The van der Waals surface area contributed by atoms with Gasteiger partial charge in [0.2, 0.25) is 0 Å². The number of ketones is 1. The van der Waals surface area contributed by atoms with E-state index in [1.807, 2.05) is 18.2 Å². The molecule has 0 spiro atoms. The maximum Gasteiger partial charge on any atom is 0.130 e. The Bertz CT molecular complexity index is 324. The molecule has 15 heavy (non-hydrogen) atoms. The van der Waals surface area contributed by atoms with Crippen molar-refractivity contribution in [3.63, 3.8) is 0 Å². The van der Waals surface area contributed by atoms with Crippen LogP contribution in [0.15, 0.2) is 42.5 Å². The van der Waals surface area contributed by atoms with Crippen LogP contribution in [0.5, 0.6) is 0 Å². The Morgan fingerprint density at radius 2 is 2.00 bits per heavy atom. The largest absolute Gasteiger partial charge is 0.300 e. The lowest BCUT2D eigenvalue weighted by atomic mass is 9.93. The molecule has 0 bridgehead atoms. The summed E-state index contributed by atoms with van der Waals surface area (Å²) in [6.07, 6.45) is 5.87. The van der Waals surface area contributed by atoms with Gasteiger partial charge in [-0.15, -0.1) is 0 Å². The molecule has 0 aliphatic rings. The van der Waals surface area contributed by atoms with Crippen LogP contribution in [0.4, 0.5) is 0 Å². The van der Waals surface area contributed by atoms with Gasteiger partial charge in [0.1, 0.15) is 5.78 Å². The van der Waals surface area contributed by atoms with E-state index in [2.05, 4.69) is 31.2 Å². The quantitative estimate of drug-likeness (QED) is 0.665. The van der Waals surface area contributed by atoms with Crippen LogP contribution in [0.2, 0.25) is 0 Å². The van der Waals surface area contributed by atoms with Crippen molar-refractivity contribution in [2.45, 2.75) is 32.6 Å². The molecule has 1 unspecified atom stereocenters. The van der Waals surface area contributed by atoms with Crippen molar-refractivity contribution < 1.29 is 4.79 Å². The van der Waals surface area contributed by atoms with Crippen molar-refractivity contribution >= 4 is 5.78 Å². The van der Waals surface area contributed by atoms with Gasteiger partial charge in [-0.05, 0) is 18.9 Å². The predicted molar refractivity (Wildman–Crippen MR) is 63.9 cm³/mol. The Labute approximate surface area is 91.8 Å². The summed E-state index contributed by atoms with van der Waals surface area (Å²) in [6, 6.07) is 10.2. The number of allylic oxidation sites excluding steroid dienone is 2. The fourth-order valence-corrected chi connectivity index (χ4v) is 1.61. The van der Waals surface area contributed by atoms with E-state index in [1.54, 1.807) is 6.92 Å². The molecule has 0 aliphatic carbocycles. The minimum absolute atomic E-state index is 0.239. The summed E-state index contributed by atoms with van der Waals surface area (Å²) in [6.45, 7) is 3.75. The van der Waals surface area contributed by atoms with Crippen LogP contribution in [0.3, 0.4) is 0 Å². The zero-order chi connectivity index (χ0) is 11.1. The fourth-order valence-electron chi connectivity index (χ4n) is 1.61. The first-order valence-corrected chi connectivity index (χ1v) is 5.45. The van der Waals surface area contributed by atoms with Crippen LogP contribution in [-0.2, 0) is 4.79 Å². The van der Waals surface area contributed by atoms with Crippen molar-refractivity contribution in [2.75, 3.05) is 0 Å². The van der Waals surface area contributed by atoms with Gasteiger partial charge in [-0.2, -0.15) is 0 Å². The van der Waals surface area contributed by atoms with Crippen LogP contribution < -0.4 is 0 Å². The number of carbonyl (C=O) groups is 1. The van der Waals surface area contributed by atoms with E-state index in [1.165, 1.54) is 5.56 Å². The first-order chi connectivity index (χ1) is 7.24. The average Bonchev–Trinajstić information content (AvgIpc) is 2.25. The average molecular weight is 202 g/mol. The third kappa shape index (κ3) is 4.11.